The van der Waals surface area contributed by atoms with Gasteiger partial charge >= 0.3 is 0 Å². The van der Waals surface area contributed by atoms with Crippen LogP contribution in [0.2, 0.25) is 5.02 Å². The highest BCUT2D eigenvalue weighted by Gasteiger charge is 2.42. The fourth-order valence-electron chi connectivity index (χ4n) is 4.01. The SMILES string of the molecule is O=C(CN1C(=O)/C(=C2\SC(=S)N(Cc3ccc(F)cc3)C2=O)c2ccccc21)Nc1ccccc1Cl. The molecule has 0 aliphatic carbocycles. The molecular weight excluding hydrogens is 521 g/mol. The van der Waals surface area contributed by atoms with E-state index in [9.17, 15) is 18.8 Å². The van der Waals surface area contributed by atoms with Crippen LogP contribution in [0.15, 0.2) is 77.7 Å². The monoisotopic (exact) mass is 537 g/mol. The Kier molecular flexibility index (Phi) is 6.61. The van der Waals surface area contributed by atoms with E-state index in [-0.39, 0.29) is 29.4 Å². The lowest BCUT2D eigenvalue weighted by molar-refractivity contribution is -0.122. The third-order valence-corrected chi connectivity index (χ3v) is 7.48. The number of carbonyl (C=O) groups excluding carboxylic acids is 3. The number of hydrogen-bond acceptors (Lipinski definition) is 5. The van der Waals surface area contributed by atoms with Gasteiger partial charge in [-0.15, -0.1) is 0 Å². The Hall–Kier alpha value is -3.53. The van der Waals surface area contributed by atoms with Crippen molar-refractivity contribution in [2.75, 3.05) is 16.8 Å². The summed E-state index contributed by atoms with van der Waals surface area (Å²) in [5.74, 6) is -1.68. The van der Waals surface area contributed by atoms with Crippen molar-refractivity contribution in [3.8, 4) is 0 Å². The first-order valence-electron chi connectivity index (χ1n) is 10.8. The highest BCUT2D eigenvalue weighted by molar-refractivity contribution is 8.26. The fourth-order valence-corrected chi connectivity index (χ4v) is 5.52. The topological polar surface area (TPSA) is 69.7 Å². The second-order valence-corrected chi connectivity index (χ2v) is 10.1. The number of hydrogen-bond donors (Lipinski definition) is 1. The van der Waals surface area contributed by atoms with Gasteiger partial charge in [-0.3, -0.25) is 24.2 Å². The van der Waals surface area contributed by atoms with Crippen molar-refractivity contribution in [1.82, 2.24) is 4.90 Å². The lowest BCUT2D eigenvalue weighted by atomic mass is 10.1. The molecule has 0 unspecified atom stereocenters. The van der Waals surface area contributed by atoms with Gasteiger partial charge in [0, 0.05) is 5.56 Å². The normalized spacial score (nSPS) is 17.1. The Balaban J connectivity index is 1.43. The van der Waals surface area contributed by atoms with Crippen LogP contribution < -0.4 is 10.2 Å². The third kappa shape index (κ3) is 4.53. The number of benzene rings is 3. The van der Waals surface area contributed by atoms with Crippen molar-refractivity contribution >= 4 is 74.6 Å². The molecule has 0 radical (unpaired) electrons. The molecule has 2 heterocycles. The minimum atomic E-state index is -0.465. The number of thioether (sulfide) groups is 1. The zero-order valence-electron chi connectivity index (χ0n) is 18.5. The number of halogens is 2. The van der Waals surface area contributed by atoms with Gasteiger partial charge < -0.3 is 5.32 Å². The van der Waals surface area contributed by atoms with Crippen LogP contribution >= 0.6 is 35.6 Å². The first-order chi connectivity index (χ1) is 17.3. The molecule has 5 rings (SSSR count). The number of para-hydroxylation sites is 2. The van der Waals surface area contributed by atoms with Crippen molar-refractivity contribution in [3.05, 3.63) is 99.7 Å². The van der Waals surface area contributed by atoms with E-state index in [0.29, 0.717) is 31.8 Å². The van der Waals surface area contributed by atoms with Crippen LogP contribution in [0.5, 0.6) is 0 Å². The minimum Gasteiger partial charge on any atom is -0.323 e. The summed E-state index contributed by atoms with van der Waals surface area (Å²) < 4.78 is 13.6. The number of carbonyl (C=O) groups is 3. The molecule has 1 saturated heterocycles. The molecule has 3 aromatic carbocycles. The van der Waals surface area contributed by atoms with Gasteiger partial charge in [0.1, 0.15) is 16.7 Å². The van der Waals surface area contributed by atoms with Crippen molar-refractivity contribution in [2.24, 2.45) is 0 Å². The van der Waals surface area contributed by atoms with Crippen LogP contribution in [0, 0.1) is 5.82 Å². The summed E-state index contributed by atoms with van der Waals surface area (Å²) in [7, 11) is 0. The Bertz CT molecular complexity index is 1460. The number of fused-ring (bicyclic) bond motifs is 1. The van der Waals surface area contributed by atoms with Gasteiger partial charge in [-0.1, -0.05) is 78.0 Å². The molecule has 36 heavy (non-hydrogen) atoms. The average Bonchev–Trinajstić information content (AvgIpc) is 3.29. The number of rotatable bonds is 5. The van der Waals surface area contributed by atoms with E-state index in [1.807, 2.05) is 0 Å². The van der Waals surface area contributed by atoms with Crippen LogP contribution in [-0.4, -0.2) is 33.5 Å². The van der Waals surface area contributed by atoms with E-state index >= 15 is 0 Å². The molecule has 3 aromatic rings. The summed E-state index contributed by atoms with van der Waals surface area (Å²) in [6.45, 7) is -0.109. The molecular formula is C26H17ClFN3O3S2. The molecule has 2 aliphatic heterocycles. The fraction of sp³-hybridized carbons (Fsp3) is 0.0769. The number of thiocarbonyl (C=S) groups is 1. The smallest absolute Gasteiger partial charge is 0.267 e. The molecule has 1 N–H and O–H groups in total. The number of nitrogens with zero attached hydrogens (tertiary/aromatic N) is 2. The van der Waals surface area contributed by atoms with Crippen LogP contribution in [0.25, 0.3) is 5.57 Å². The van der Waals surface area contributed by atoms with Gasteiger partial charge in [-0.05, 0) is 35.9 Å². The summed E-state index contributed by atoms with van der Waals surface area (Å²) in [6.07, 6.45) is 0. The Morgan fingerprint density at radius 3 is 2.39 bits per heavy atom. The molecule has 0 aromatic heterocycles. The van der Waals surface area contributed by atoms with Crippen LogP contribution in [0.4, 0.5) is 15.8 Å². The maximum atomic E-state index is 13.6. The Labute approximate surface area is 220 Å². The van der Waals surface area contributed by atoms with Crippen molar-refractivity contribution in [1.29, 1.82) is 0 Å². The maximum absolute atomic E-state index is 13.6. The van der Waals surface area contributed by atoms with E-state index in [1.165, 1.54) is 21.9 Å². The zero-order chi connectivity index (χ0) is 25.4. The van der Waals surface area contributed by atoms with E-state index < -0.39 is 17.7 Å². The van der Waals surface area contributed by atoms with Gasteiger partial charge in [-0.2, -0.15) is 0 Å². The standard InChI is InChI=1S/C26H17ClFN3O3S2/c27-18-6-2-3-7-19(18)29-21(32)14-30-20-8-4-1-5-17(20)22(24(30)33)23-25(34)31(26(35)36-23)13-15-9-11-16(28)12-10-15/h1-12H,13-14H2,(H,29,32)/b23-22-. The predicted octanol–water partition coefficient (Wildman–Crippen LogP) is 5.24. The predicted molar refractivity (Wildman–Crippen MR) is 143 cm³/mol. The van der Waals surface area contributed by atoms with Crippen molar-refractivity contribution < 1.29 is 18.8 Å². The molecule has 180 valence electrons. The van der Waals surface area contributed by atoms with Gasteiger partial charge in [0.05, 0.1) is 33.4 Å². The van der Waals surface area contributed by atoms with E-state index in [4.69, 9.17) is 23.8 Å². The molecule has 2 aliphatic rings. The summed E-state index contributed by atoms with van der Waals surface area (Å²) in [4.78, 5) is 42.6. The van der Waals surface area contributed by atoms with Gasteiger partial charge in [0.25, 0.3) is 11.8 Å². The van der Waals surface area contributed by atoms with E-state index in [2.05, 4.69) is 5.32 Å². The summed E-state index contributed by atoms with van der Waals surface area (Å²) in [6, 6.07) is 19.6. The molecule has 0 spiro atoms. The molecule has 6 nitrogen and oxygen atoms in total. The van der Waals surface area contributed by atoms with Crippen molar-refractivity contribution in [3.63, 3.8) is 0 Å². The Morgan fingerprint density at radius 1 is 0.944 bits per heavy atom. The first-order valence-corrected chi connectivity index (χ1v) is 12.4. The number of amides is 3. The van der Waals surface area contributed by atoms with Crippen LogP contribution in [0.1, 0.15) is 11.1 Å². The first kappa shape index (κ1) is 24.2. The molecule has 1 fully saturated rings. The van der Waals surface area contributed by atoms with Crippen molar-refractivity contribution in [2.45, 2.75) is 6.54 Å². The maximum Gasteiger partial charge on any atom is 0.267 e. The van der Waals surface area contributed by atoms with E-state index in [1.54, 1.807) is 60.7 Å². The second-order valence-electron chi connectivity index (χ2n) is 8.03. The lowest BCUT2D eigenvalue weighted by Gasteiger charge is -2.17. The summed E-state index contributed by atoms with van der Waals surface area (Å²) in [5.41, 5.74) is 2.42. The molecule has 0 bridgehead atoms. The average molecular weight is 538 g/mol. The highest BCUT2D eigenvalue weighted by atomic mass is 35.5. The molecule has 0 atom stereocenters. The zero-order valence-corrected chi connectivity index (χ0v) is 20.9. The molecule has 10 heteroatoms. The van der Waals surface area contributed by atoms with Crippen LogP contribution in [0.3, 0.4) is 0 Å². The summed E-state index contributed by atoms with van der Waals surface area (Å²) in [5, 5.41) is 3.10. The number of anilines is 2. The Morgan fingerprint density at radius 2 is 1.64 bits per heavy atom. The lowest BCUT2D eigenvalue weighted by Crippen LogP contribution is -2.35. The minimum absolute atomic E-state index is 0.154. The summed E-state index contributed by atoms with van der Waals surface area (Å²) >= 11 is 12.6. The van der Waals surface area contributed by atoms with Gasteiger partial charge in [-0.25, -0.2) is 4.39 Å². The third-order valence-electron chi connectivity index (χ3n) is 5.70. The molecule has 3 amide bonds. The quantitative estimate of drug-likeness (QED) is 0.356. The highest BCUT2D eigenvalue weighted by Crippen LogP contribution is 2.44. The van der Waals surface area contributed by atoms with Gasteiger partial charge in [0.2, 0.25) is 5.91 Å². The molecule has 0 saturated carbocycles. The van der Waals surface area contributed by atoms with Crippen LogP contribution in [-0.2, 0) is 20.9 Å². The van der Waals surface area contributed by atoms with E-state index in [0.717, 1.165) is 11.8 Å². The van der Waals surface area contributed by atoms with Gasteiger partial charge in [0.15, 0.2) is 0 Å². The largest absolute Gasteiger partial charge is 0.323 e. The number of nitrogens with one attached hydrogen (secondary N) is 1. The second kappa shape index (κ2) is 9.85.